The van der Waals surface area contributed by atoms with Crippen LogP contribution in [0.4, 0.5) is 0 Å². The predicted molar refractivity (Wildman–Crippen MR) is 80.9 cm³/mol. The van der Waals surface area contributed by atoms with E-state index in [9.17, 15) is 9.00 Å². The topological polar surface area (TPSA) is 34.1 Å². The van der Waals surface area contributed by atoms with Crippen LogP contribution in [-0.2, 0) is 14.6 Å². The third-order valence-electron chi connectivity index (χ3n) is 2.05. The molecule has 0 bridgehead atoms. The first-order valence-corrected chi connectivity index (χ1v) is 9.41. The van der Waals surface area contributed by atoms with Gasteiger partial charge in [0.15, 0.2) is 0 Å². The van der Waals surface area contributed by atoms with E-state index in [1.807, 2.05) is 0 Å². The molecular formula is C13H28O2S2. The fourth-order valence-electron chi connectivity index (χ4n) is 0.813. The van der Waals surface area contributed by atoms with Crippen molar-refractivity contribution in [2.24, 2.45) is 0 Å². The third-order valence-corrected chi connectivity index (χ3v) is 5.18. The van der Waals surface area contributed by atoms with E-state index < -0.39 is 9.83 Å². The predicted octanol–water partition coefficient (Wildman–Crippen LogP) is 4.36. The van der Waals surface area contributed by atoms with Crippen LogP contribution >= 0.6 is 10.8 Å². The second-order valence-electron chi connectivity index (χ2n) is 3.99. The second kappa shape index (κ2) is 16.2. The van der Waals surface area contributed by atoms with Crippen LogP contribution in [-0.4, -0.2) is 21.5 Å². The molecule has 1 aliphatic heterocycles. The largest absolute Gasteiger partial charge is 0.300 e. The number of Topliss-reactive ketones (excluding diaryl/α,β-unsaturated/α-hetero) is 1. The lowest BCUT2D eigenvalue weighted by Gasteiger charge is -1.86. The minimum Gasteiger partial charge on any atom is -0.300 e. The zero-order valence-electron chi connectivity index (χ0n) is 11.8. The Bertz CT molecular complexity index is 184. The van der Waals surface area contributed by atoms with Crippen molar-refractivity contribution in [2.75, 3.05) is 11.5 Å². The molecule has 0 saturated carbocycles. The van der Waals surface area contributed by atoms with Crippen molar-refractivity contribution in [1.82, 2.24) is 0 Å². The molecule has 1 fully saturated rings. The van der Waals surface area contributed by atoms with Crippen LogP contribution in [0, 0.1) is 0 Å². The van der Waals surface area contributed by atoms with E-state index in [1.54, 1.807) is 17.7 Å². The highest BCUT2D eigenvalue weighted by Crippen LogP contribution is 2.17. The molecule has 0 aromatic heterocycles. The van der Waals surface area contributed by atoms with Gasteiger partial charge in [0, 0.05) is 17.9 Å². The summed E-state index contributed by atoms with van der Waals surface area (Å²) in [5, 5.41) is 0. The van der Waals surface area contributed by atoms with Gasteiger partial charge in [-0.15, -0.1) is 0 Å². The molecule has 0 aromatic rings. The zero-order chi connectivity index (χ0) is 13.5. The van der Waals surface area contributed by atoms with Crippen LogP contribution in [0.25, 0.3) is 0 Å². The standard InChI is InChI=1S/C6H12O.C4H10.C3H6OS2/c1-3-4-5-6(2)7;1-3-4-2;4-6-3-1-2-5-6/h3-5H2,1-2H3;3-4H2,1-2H3;1-3H2. The molecule has 2 nitrogen and oxygen atoms in total. The molecule has 0 radical (unpaired) electrons. The maximum Gasteiger partial charge on any atom is 0.129 e. The van der Waals surface area contributed by atoms with Gasteiger partial charge in [-0.2, -0.15) is 0 Å². The summed E-state index contributed by atoms with van der Waals surface area (Å²) in [6.07, 6.45) is 6.72. The highest BCUT2D eigenvalue weighted by atomic mass is 33.1. The lowest BCUT2D eigenvalue weighted by molar-refractivity contribution is -0.117. The Morgan fingerprint density at radius 3 is 1.88 bits per heavy atom. The van der Waals surface area contributed by atoms with Crippen LogP contribution < -0.4 is 0 Å². The molecule has 104 valence electrons. The minimum atomic E-state index is -0.506. The summed E-state index contributed by atoms with van der Waals surface area (Å²) in [5.41, 5.74) is 0. The number of carbonyl (C=O) groups is 1. The summed E-state index contributed by atoms with van der Waals surface area (Å²) in [6.45, 7) is 8.08. The normalized spacial score (nSPS) is 17.5. The van der Waals surface area contributed by atoms with Gasteiger partial charge in [0.05, 0.1) is 9.83 Å². The third kappa shape index (κ3) is 21.9. The summed E-state index contributed by atoms with van der Waals surface area (Å²) in [4.78, 5) is 10.2. The Kier molecular flexibility index (Phi) is 18.6. The van der Waals surface area contributed by atoms with Crippen molar-refractivity contribution in [3.05, 3.63) is 0 Å². The lowest BCUT2D eigenvalue weighted by Crippen LogP contribution is -1.86. The Labute approximate surface area is 113 Å². The van der Waals surface area contributed by atoms with Crippen molar-refractivity contribution in [3.63, 3.8) is 0 Å². The molecule has 0 amide bonds. The second-order valence-corrected chi connectivity index (χ2v) is 7.47. The Balaban J connectivity index is 0. The van der Waals surface area contributed by atoms with E-state index >= 15 is 0 Å². The molecule has 17 heavy (non-hydrogen) atoms. The van der Waals surface area contributed by atoms with E-state index in [1.165, 1.54) is 12.8 Å². The first-order chi connectivity index (χ1) is 8.08. The van der Waals surface area contributed by atoms with Crippen LogP contribution in [0.15, 0.2) is 0 Å². The fraction of sp³-hybridized carbons (Fsp3) is 0.923. The molecule has 0 N–H and O–H groups in total. The van der Waals surface area contributed by atoms with Gasteiger partial charge >= 0.3 is 0 Å². The van der Waals surface area contributed by atoms with Gasteiger partial charge in [-0.05, 0) is 19.8 Å². The Morgan fingerprint density at radius 2 is 1.76 bits per heavy atom. The maximum atomic E-state index is 10.3. The summed E-state index contributed by atoms with van der Waals surface area (Å²) in [6, 6.07) is 0. The quantitative estimate of drug-likeness (QED) is 0.718. The van der Waals surface area contributed by atoms with Gasteiger partial charge in [0.25, 0.3) is 0 Å². The van der Waals surface area contributed by atoms with Gasteiger partial charge in [-0.25, -0.2) is 4.21 Å². The SMILES string of the molecule is CCCC.CCCCC(C)=O.O=S1CCCS1. The van der Waals surface area contributed by atoms with Crippen molar-refractivity contribution in [1.29, 1.82) is 0 Å². The zero-order valence-corrected chi connectivity index (χ0v) is 13.4. The molecule has 1 heterocycles. The van der Waals surface area contributed by atoms with Crippen molar-refractivity contribution in [3.8, 4) is 0 Å². The highest BCUT2D eigenvalue weighted by molar-refractivity contribution is 8.69. The fourth-order valence-corrected chi connectivity index (χ4v) is 3.56. The van der Waals surface area contributed by atoms with E-state index in [4.69, 9.17) is 0 Å². The highest BCUT2D eigenvalue weighted by Gasteiger charge is 2.06. The lowest BCUT2D eigenvalue weighted by atomic mass is 10.2. The molecular weight excluding hydrogens is 252 g/mol. The Hall–Kier alpha value is 0.170. The maximum absolute atomic E-state index is 10.3. The monoisotopic (exact) mass is 280 g/mol. The molecule has 4 heteroatoms. The van der Waals surface area contributed by atoms with Crippen molar-refractivity contribution >= 4 is 26.4 Å². The minimum absolute atomic E-state index is 0.307. The number of carbonyl (C=O) groups excluding carboxylic acids is 1. The van der Waals surface area contributed by atoms with Crippen LogP contribution in [0.5, 0.6) is 0 Å². The number of rotatable bonds is 4. The molecule has 0 aromatic carbocycles. The van der Waals surface area contributed by atoms with E-state index in [0.717, 1.165) is 37.2 Å². The number of hydrogen-bond acceptors (Lipinski definition) is 3. The number of hydrogen-bond donors (Lipinski definition) is 0. The molecule has 1 unspecified atom stereocenters. The van der Waals surface area contributed by atoms with Crippen molar-refractivity contribution in [2.45, 2.75) is 66.2 Å². The number of ketones is 1. The molecule has 1 rings (SSSR count). The molecule has 1 saturated heterocycles. The summed E-state index contributed by atoms with van der Waals surface area (Å²) in [7, 11) is 1.06. The van der Waals surface area contributed by atoms with Crippen LogP contribution in [0.2, 0.25) is 0 Å². The van der Waals surface area contributed by atoms with Gasteiger partial charge in [-0.1, -0.05) is 50.8 Å². The molecule has 0 spiro atoms. The van der Waals surface area contributed by atoms with E-state index in [-0.39, 0.29) is 0 Å². The smallest absolute Gasteiger partial charge is 0.129 e. The van der Waals surface area contributed by atoms with Crippen LogP contribution in [0.1, 0.15) is 66.2 Å². The average molecular weight is 280 g/mol. The van der Waals surface area contributed by atoms with E-state index in [2.05, 4.69) is 20.8 Å². The number of unbranched alkanes of at least 4 members (excludes halogenated alkanes) is 2. The first kappa shape index (κ1) is 19.5. The molecule has 0 aliphatic carbocycles. The van der Waals surface area contributed by atoms with Gasteiger partial charge in [0.2, 0.25) is 0 Å². The molecule has 1 aliphatic rings. The van der Waals surface area contributed by atoms with E-state index in [0.29, 0.717) is 5.78 Å². The summed E-state index contributed by atoms with van der Waals surface area (Å²) in [5.74, 6) is 2.33. The Morgan fingerprint density at radius 1 is 1.18 bits per heavy atom. The summed E-state index contributed by atoms with van der Waals surface area (Å²) >= 11 is 0. The van der Waals surface area contributed by atoms with Gasteiger partial charge < -0.3 is 4.79 Å². The average Bonchev–Trinajstić information content (AvgIpc) is 2.78. The van der Waals surface area contributed by atoms with Crippen LogP contribution in [0.3, 0.4) is 0 Å². The van der Waals surface area contributed by atoms with Gasteiger partial charge in [0.1, 0.15) is 5.78 Å². The van der Waals surface area contributed by atoms with Crippen molar-refractivity contribution < 1.29 is 9.00 Å². The molecule has 1 atom stereocenters. The van der Waals surface area contributed by atoms with Gasteiger partial charge in [-0.3, -0.25) is 0 Å². The summed E-state index contributed by atoms with van der Waals surface area (Å²) < 4.78 is 10.3. The first-order valence-electron chi connectivity index (χ1n) is 6.59.